The normalized spacial score (nSPS) is 19.8. The molecule has 2 aromatic rings. The van der Waals surface area contributed by atoms with Crippen LogP contribution >= 0.6 is 0 Å². The van der Waals surface area contributed by atoms with Crippen molar-refractivity contribution in [3.63, 3.8) is 0 Å². The number of carbonyl (C=O) groups excluding carboxylic acids is 1. The van der Waals surface area contributed by atoms with Crippen LogP contribution in [0.15, 0.2) is 29.2 Å². The zero-order valence-electron chi connectivity index (χ0n) is 17.8. The van der Waals surface area contributed by atoms with Gasteiger partial charge in [-0.25, -0.2) is 9.59 Å². The van der Waals surface area contributed by atoms with Crippen molar-refractivity contribution in [3.05, 3.63) is 51.3 Å². The average molecular weight is 426 g/mol. The predicted octanol–water partition coefficient (Wildman–Crippen LogP) is 2.32. The number of anilines is 1. The Kier molecular flexibility index (Phi) is 5.35. The molecular weight excluding hydrogens is 400 g/mol. The number of rotatable bonds is 4. The summed E-state index contributed by atoms with van der Waals surface area (Å²) in [5.41, 5.74) is 2.52. The molecule has 0 bridgehead atoms. The number of aromatic carboxylic acids is 1. The summed E-state index contributed by atoms with van der Waals surface area (Å²) in [6, 6.07) is 4.98. The van der Waals surface area contributed by atoms with Crippen molar-refractivity contribution in [1.82, 2.24) is 4.57 Å². The lowest BCUT2D eigenvalue weighted by Gasteiger charge is -2.34. The van der Waals surface area contributed by atoms with Gasteiger partial charge in [0.05, 0.1) is 30.2 Å². The van der Waals surface area contributed by atoms with Crippen LogP contribution in [-0.4, -0.2) is 53.0 Å². The number of aromatic nitrogens is 1. The summed E-state index contributed by atoms with van der Waals surface area (Å²) in [5, 5.41) is 19.4. The monoisotopic (exact) mass is 426 g/mol. The van der Waals surface area contributed by atoms with Crippen LogP contribution in [-0.2, 0) is 11.2 Å². The van der Waals surface area contributed by atoms with Gasteiger partial charge in [0.2, 0.25) is 0 Å². The molecular formula is C23H26N2O6. The second kappa shape index (κ2) is 7.85. The predicted molar refractivity (Wildman–Crippen MR) is 115 cm³/mol. The highest BCUT2D eigenvalue weighted by Gasteiger charge is 2.32. The molecule has 2 N–H and O–H groups in total. The van der Waals surface area contributed by atoms with Gasteiger partial charge in [-0.15, -0.1) is 0 Å². The fourth-order valence-corrected chi connectivity index (χ4v) is 4.62. The van der Waals surface area contributed by atoms with Crippen LogP contribution < -0.4 is 10.3 Å². The summed E-state index contributed by atoms with van der Waals surface area (Å²) in [6.07, 6.45) is 2.23. The van der Waals surface area contributed by atoms with Crippen molar-refractivity contribution >= 4 is 17.6 Å². The van der Waals surface area contributed by atoms with Gasteiger partial charge in [0, 0.05) is 37.0 Å². The van der Waals surface area contributed by atoms with E-state index in [1.165, 1.54) is 19.4 Å². The maximum Gasteiger partial charge on any atom is 0.341 e. The number of benzene rings is 1. The van der Waals surface area contributed by atoms with E-state index >= 15 is 0 Å². The maximum absolute atomic E-state index is 12.6. The molecule has 2 aliphatic rings. The zero-order valence-corrected chi connectivity index (χ0v) is 17.8. The van der Waals surface area contributed by atoms with Gasteiger partial charge in [0.15, 0.2) is 5.43 Å². The van der Waals surface area contributed by atoms with Gasteiger partial charge >= 0.3 is 11.9 Å². The third kappa shape index (κ3) is 3.61. The number of methoxy groups -OCH3 is 1. The molecule has 164 valence electrons. The Hall–Kier alpha value is -3.13. The molecule has 0 saturated carbocycles. The number of ether oxygens (including phenoxy) is 1. The molecule has 2 aliphatic heterocycles. The van der Waals surface area contributed by atoms with Crippen LogP contribution in [0.2, 0.25) is 0 Å². The van der Waals surface area contributed by atoms with E-state index in [1.807, 2.05) is 15.5 Å². The van der Waals surface area contributed by atoms with Crippen LogP contribution in [0.1, 0.15) is 52.6 Å². The molecule has 2 atom stereocenters. The Morgan fingerprint density at radius 1 is 1.19 bits per heavy atom. The smallest absolute Gasteiger partial charge is 0.341 e. The molecule has 1 aromatic carbocycles. The topological polar surface area (TPSA) is 109 Å². The number of nitrogens with zero attached hydrogens (tertiary/aromatic N) is 2. The third-order valence-corrected chi connectivity index (χ3v) is 6.27. The number of aliphatic hydroxyl groups is 1. The highest BCUT2D eigenvalue weighted by atomic mass is 16.5. The van der Waals surface area contributed by atoms with E-state index in [2.05, 4.69) is 13.8 Å². The number of carboxylic acid groups (broad SMARTS) is 1. The second-order valence-electron chi connectivity index (χ2n) is 8.57. The first-order chi connectivity index (χ1) is 14.7. The Bertz CT molecular complexity index is 1120. The molecule has 1 saturated heterocycles. The van der Waals surface area contributed by atoms with E-state index in [1.54, 1.807) is 6.07 Å². The molecule has 8 heteroatoms. The lowest BCUT2D eigenvalue weighted by molar-refractivity contribution is 0.0600. The molecule has 3 heterocycles. The Morgan fingerprint density at radius 3 is 2.52 bits per heavy atom. The largest absolute Gasteiger partial charge is 0.477 e. The van der Waals surface area contributed by atoms with Gasteiger partial charge in [0.1, 0.15) is 5.56 Å². The van der Waals surface area contributed by atoms with Gasteiger partial charge < -0.3 is 24.4 Å². The first-order valence-electron chi connectivity index (χ1n) is 10.4. The molecule has 0 aliphatic carbocycles. The van der Waals surface area contributed by atoms with Crippen LogP contribution in [0.3, 0.4) is 0 Å². The average Bonchev–Trinajstić information content (AvgIpc) is 3.17. The molecule has 0 radical (unpaired) electrons. The fourth-order valence-electron chi connectivity index (χ4n) is 4.62. The summed E-state index contributed by atoms with van der Waals surface area (Å²) >= 11 is 0. The number of fused-ring (bicyclic) bond motifs is 3. The van der Waals surface area contributed by atoms with E-state index in [0.29, 0.717) is 42.9 Å². The highest BCUT2D eigenvalue weighted by molar-refractivity contribution is 5.98. The second-order valence-corrected chi connectivity index (χ2v) is 8.57. The zero-order chi connectivity index (χ0) is 22.4. The number of esters is 1. The number of carbonyl (C=O) groups is 2. The SMILES string of the molecule is COC(=O)c1cc2c(cc1N1CCC(O)C1)CC(C(C)C)n1cc(C(=O)O)c(=O)cc1-2. The molecule has 0 amide bonds. The van der Waals surface area contributed by atoms with Gasteiger partial charge in [-0.1, -0.05) is 13.8 Å². The van der Waals surface area contributed by atoms with Crippen LogP contribution in [0.5, 0.6) is 0 Å². The standard InChI is InChI=1S/C23H26N2O6/c1-12(2)18-6-13-7-19(24-5-4-14(26)10-24)16(23(30)31-3)8-15(13)20-9-21(27)17(22(28)29)11-25(18)20/h7-9,11-12,14,18,26H,4-6,10H2,1-3H3,(H,28,29). The van der Waals surface area contributed by atoms with Crippen LogP contribution in [0.4, 0.5) is 5.69 Å². The molecule has 2 unspecified atom stereocenters. The third-order valence-electron chi connectivity index (χ3n) is 6.27. The first-order valence-corrected chi connectivity index (χ1v) is 10.4. The summed E-state index contributed by atoms with van der Waals surface area (Å²) in [7, 11) is 1.32. The first kappa shape index (κ1) is 21.1. The van der Waals surface area contributed by atoms with E-state index in [4.69, 9.17) is 4.74 Å². The van der Waals surface area contributed by atoms with Crippen LogP contribution in [0.25, 0.3) is 11.3 Å². The van der Waals surface area contributed by atoms with E-state index in [0.717, 1.165) is 11.1 Å². The van der Waals surface area contributed by atoms with Gasteiger partial charge in [-0.3, -0.25) is 4.79 Å². The van der Waals surface area contributed by atoms with E-state index in [9.17, 15) is 24.6 Å². The van der Waals surface area contributed by atoms with Crippen molar-refractivity contribution in [2.75, 3.05) is 25.1 Å². The number of β-amino-alcohol motifs (C(OH)–C–C–N with tert-alkyl or cyclic N) is 1. The van der Waals surface area contributed by atoms with E-state index in [-0.39, 0.29) is 17.5 Å². The lowest BCUT2D eigenvalue weighted by atomic mass is 9.86. The van der Waals surface area contributed by atoms with Crippen molar-refractivity contribution < 1.29 is 24.5 Å². The number of hydrogen-bond acceptors (Lipinski definition) is 6. The number of pyridine rings is 1. The quantitative estimate of drug-likeness (QED) is 0.722. The Labute approximate surface area is 179 Å². The van der Waals surface area contributed by atoms with Crippen molar-refractivity contribution in [3.8, 4) is 11.3 Å². The molecule has 1 fully saturated rings. The summed E-state index contributed by atoms with van der Waals surface area (Å²) in [5.74, 6) is -1.57. The Balaban J connectivity index is 1.95. The maximum atomic E-state index is 12.6. The number of aliphatic hydroxyl groups excluding tert-OH is 1. The van der Waals surface area contributed by atoms with Crippen LogP contribution in [0, 0.1) is 5.92 Å². The molecule has 1 aromatic heterocycles. The van der Waals surface area contributed by atoms with Crippen molar-refractivity contribution in [2.45, 2.75) is 38.8 Å². The number of hydrogen-bond donors (Lipinski definition) is 2. The molecule has 31 heavy (non-hydrogen) atoms. The van der Waals surface area contributed by atoms with Gasteiger partial charge in [-0.2, -0.15) is 0 Å². The molecule has 4 rings (SSSR count). The Morgan fingerprint density at radius 2 is 1.94 bits per heavy atom. The highest BCUT2D eigenvalue weighted by Crippen LogP contribution is 2.41. The fraction of sp³-hybridized carbons (Fsp3) is 0.435. The molecule has 0 spiro atoms. The number of carboxylic acids is 1. The van der Waals surface area contributed by atoms with Crippen molar-refractivity contribution in [1.29, 1.82) is 0 Å². The summed E-state index contributed by atoms with van der Waals surface area (Å²) in [6.45, 7) is 5.18. The minimum Gasteiger partial charge on any atom is -0.477 e. The summed E-state index contributed by atoms with van der Waals surface area (Å²) in [4.78, 5) is 38.6. The van der Waals surface area contributed by atoms with E-state index < -0.39 is 23.5 Å². The lowest BCUT2D eigenvalue weighted by Crippen LogP contribution is -2.29. The minimum absolute atomic E-state index is 0.0396. The van der Waals surface area contributed by atoms with Gasteiger partial charge in [-0.05, 0) is 36.5 Å². The van der Waals surface area contributed by atoms with Gasteiger partial charge in [0.25, 0.3) is 0 Å². The van der Waals surface area contributed by atoms with Crippen molar-refractivity contribution in [2.24, 2.45) is 5.92 Å². The summed E-state index contributed by atoms with van der Waals surface area (Å²) < 4.78 is 6.85. The minimum atomic E-state index is -1.26. The molecule has 8 nitrogen and oxygen atoms in total.